The Labute approximate surface area is 352 Å². The first-order chi connectivity index (χ1) is 29.3. The summed E-state index contributed by atoms with van der Waals surface area (Å²) in [5.74, 6) is 0.0488. The monoisotopic (exact) mass is 767 g/mol. The number of para-hydroxylation sites is 2. The van der Waals surface area contributed by atoms with Crippen molar-refractivity contribution < 1.29 is 0 Å². The number of rotatable bonds is 7. The molecule has 1 heterocycles. The predicted molar refractivity (Wildman–Crippen MR) is 255 cm³/mol. The molecule has 0 saturated heterocycles. The summed E-state index contributed by atoms with van der Waals surface area (Å²) in [7, 11) is 0. The normalized spacial score (nSPS) is 13.4. The first kappa shape index (κ1) is 35.9. The molecule has 286 valence electrons. The van der Waals surface area contributed by atoms with E-state index in [2.05, 4.69) is 225 Å². The number of aromatic nitrogens is 1. The summed E-state index contributed by atoms with van der Waals surface area (Å²) < 4.78 is 2.44. The van der Waals surface area contributed by atoms with Crippen LogP contribution in [0.2, 0.25) is 0 Å². The van der Waals surface area contributed by atoms with Crippen molar-refractivity contribution >= 4 is 38.2 Å². The zero-order valence-corrected chi connectivity index (χ0v) is 34.3. The molecule has 0 spiro atoms. The molecule has 0 aliphatic heterocycles. The Hall–Kier alpha value is -7.22. The summed E-state index contributed by atoms with van der Waals surface area (Å²) in [5.41, 5.74) is 19.9. The summed E-state index contributed by atoms with van der Waals surface area (Å²) in [6.45, 7) is 10.9. The zero-order chi connectivity index (χ0) is 40.5. The Morgan fingerprint density at radius 3 is 1.57 bits per heavy atom. The molecule has 1 heteroatoms. The maximum Gasteiger partial charge on any atom is 0.0541 e. The van der Waals surface area contributed by atoms with E-state index in [-0.39, 0.29) is 11.3 Å². The van der Waals surface area contributed by atoms with E-state index in [1.807, 2.05) is 6.92 Å². The molecule has 0 bridgehead atoms. The molecule has 1 atom stereocenters. The van der Waals surface area contributed by atoms with Crippen molar-refractivity contribution in [3.63, 3.8) is 0 Å². The fourth-order valence-corrected chi connectivity index (χ4v) is 9.99. The molecule has 1 aliphatic rings. The molecular weight excluding hydrogens is 723 g/mol. The number of hydrogen-bond acceptors (Lipinski definition) is 0. The first-order valence-electron chi connectivity index (χ1n) is 21.1. The minimum absolute atomic E-state index is 0.0488. The molecule has 0 fully saturated rings. The van der Waals surface area contributed by atoms with Gasteiger partial charge in [0.05, 0.1) is 11.0 Å². The van der Waals surface area contributed by atoms with Crippen LogP contribution in [-0.2, 0) is 5.41 Å². The summed E-state index contributed by atoms with van der Waals surface area (Å²) in [6.07, 6.45) is 0. The second kappa shape index (κ2) is 14.0. The lowest BCUT2D eigenvalue weighted by molar-refractivity contribution is 0.658. The molecule has 0 radical (unpaired) electrons. The molecule has 1 aromatic heterocycles. The van der Waals surface area contributed by atoms with Gasteiger partial charge in [0, 0.05) is 27.8 Å². The molecule has 1 aliphatic carbocycles. The fourth-order valence-electron chi connectivity index (χ4n) is 9.99. The highest BCUT2D eigenvalue weighted by atomic mass is 15.0. The first-order valence-corrected chi connectivity index (χ1v) is 21.1. The number of benzene rings is 9. The van der Waals surface area contributed by atoms with Gasteiger partial charge >= 0.3 is 0 Å². The molecule has 1 unspecified atom stereocenters. The molecule has 0 saturated carbocycles. The molecule has 9 aromatic carbocycles. The van der Waals surface area contributed by atoms with Crippen molar-refractivity contribution in [1.29, 1.82) is 0 Å². The fraction of sp³-hybridized carbons (Fsp3) is 0.0847. The van der Waals surface area contributed by atoms with Crippen molar-refractivity contribution in [1.82, 2.24) is 4.57 Å². The second-order valence-electron chi connectivity index (χ2n) is 17.1. The smallest absolute Gasteiger partial charge is 0.0541 e. The average molecular weight is 768 g/mol. The highest BCUT2D eigenvalue weighted by Crippen LogP contribution is 2.51. The van der Waals surface area contributed by atoms with Crippen molar-refractivity contribution in [2.24, 2.45) is 0 Å². The van der Waals surface area contributed by atoms with E-state index >= 15 is 0 Å². The van der Waals surface area contributed by atoms with Gasteiger partial charge in [-0.3, -0.25) is 0 Å². The number of allylic oxidation sites excluding steroid dienone is 1. The standard InChI is InChI=1S/C59H45N/c1-38(2)39-20-22-40(23-21-39)41-24-26-42(27-25-41)43-28-30-45(31-29-43)58(53-17-11-13-44-12-5-6-14-48(44)53)46-32-34-49-50-35-33-47(37-55(50)59(3,4)54(49)36-46)60-56-18-9-7-15-51(56)52-16-8-10-19-57(52)60/h5-37,58H,1H2,2-4H3. The van der Waals surface area contributed by atoms with Crippen LogP contribution in [0.4, 0.5) is 0 Å². The molecule has 0 N–H and O–H groups in total. The second-order valence-corrected chi connectivity index (χ2v) is 17.1. The number of nitrogens with zero attached hydrogens (tertiary/aromatic N) is 1. The van der Waals surface area contributed by atoms with Crippen molar-refractivity contribution in [3.05, 3.63) is 240 Å². The number of hydrogen-bond donors (Lipinski definition) is 0. The van der Waals surface area contributed by atoms with Gasteiger partial charge in [0.1, 0.15) is 0 Å². The van der Waals surface area contributed by atoms with Gasteiger partial charge in [-0.25, -0.2) is 0 Å². The van der Waals surface area contributed by atoms with Gasteiger partial charge in [0.2, 0.25) is 0 Å². The van der Waals surface area contributed by atoms with Crippen LogP contribution < -0.4 is 0 Å². The largest absolute Gasteiger partial charge is 0.309 e. The van der Waals surface area contributed by atoms with E-state index < -0.39 is 0 Å². The summed E-state index contributed by atoms with van der Waals surface area (Å²) in [6, 6.07) is 74.5. The van der Waals surface area contributed by atoms with Crippen LogP contribution >= 0.6 is 0 Å². The third kappa shape index (κ3) is 5.76. The Kier molecular flexibility index (Phi) is 8.36. The van der Waals surface area contributed by atoms with Crippen LogP contribution in [0, 0.1) is 0 Å². The lowest BCUT2D eigenvalue weighted by atomic mass is 9.78. The Balaban J connectivity index is 0.981. The van der Waals surface area contributed by atoms with E-state index in [0.717, 1.165) is 5.57 Å². The highest BCUT2D eigenvalue weighted by molar-refractivity contribution is 6.09. The zero-order valence-electron chi connectivity index (χ0n) is 34.3. The predicted octanol–water partition coefficient (Wildman–Crippen LogP) is 15.8. The van der Waals surface area contributed by atoms with Crippen LogP contribution in [0.1, 0.15) is 60.1 Å². The van der Waals surface area contributed by atoms with Gasteiger partial charge in [-0.2, -0.15) is 0 Å². The quantitative estimate of drug-likeness (QED) is 0.142. The average Bonchev–Trinajstić information content (AvgIpc) is 3.74. The maximum atomic E-state index is 4.09. The van der Waals surface area contributed by atoms with E-state index in [0.29, 0.717) is 0 Å². The Bertz CT molecular complexity index is 3230. The van der Waals surface area contributed by atoms with Crippen molar-refractivity contribution in [3.8, 4) is 39.1 Å². The van der Waals surface area contributed by atoms with Gasteiger partial charge in [-0.15, -0.1) is 0 Å². The number of fused-ring (bicyclic) bond motifs is 7. The lowest BCUT2D eigenvalue weighted by Crippen LogP contribution is -2.16. The van der Waals surface area contributed by atoms with Crippen LogP contribution in [0.15, 0.2) is 207 Å². The molecule has 1 nitrogen and oxygen atoms in total. The van der Waals surface area contributed by atoms with Crippen LogP contribution in [-0.4, -0.2) is 4.57 Å². The van der Waals surface area contributed by atoms with E-state index in [9.17, 15) is 0 Å². The molecule has 0 amide bonds. The van der Waals surface area contributed by atoms with Gasteiger partial charge < -0.3 is 4.57 Å². The van der Waals surface area contributed by atoms with E-state index in [1.54, 1.807) is 0 Å². The van der Waals surface area contributed by atoms with Crippen LogP contribution in [0.3, 0.4) is 0 Å². The molecule has 60 heavy (non-hydrogen) atoms. The maximum absolute atomic E-state index is 4.09. The third-order valence-electron chi connectivity index (χ3n) is 13.2. The summed E-state index contributed by atoms with van der Waals surface area (Å²) in [4.78, 5) is 0. The Morgan fingerprint density at radius 2 is 0.950 bits per heavy atom. The summed E-state index contributed by atoms with van der Waals surface area (Å²) in [5, 5.41) is 5.12. The highest BCUT2D eigenvalue weighted by Gasteiger charge is 2.37. The SMILES string of the molecule is C=C(C)c1ccc(-c2ccc(-c3ccc(C(c4ccc5c(c4)C(C)(C)c4cc(-n6c7ccccc7c7ccccc76)ccc4-5)c4cccc5ccccc45)cc3)cc2)cc1. The molecule has 10 aromatic rings. The molecular formula is C59H45N. The van der Waals surface area contributed by atoms with Gasteiger partial charge in [-0.05, 0) is 109 Å². The molecule has 11 rings (SSSR count). The summed E-state index contributed by atoms with van der Waals surface area (Å²) >= 11 is 0. The van der Waals surface area contributed by atoms with Crippen LogP contribution in [0.25, 0.3) is 77.2 Å². The van der Waals surface area contributed by atoms with E-state index in [4.69, 9.17) is 0 Å². The topological polar surface area (TPSA) is 4.93 Å². The lowest BCUT2D eigenvalue weighted by Gasteiger charge is -2.25. The van der Waals surface area contributed by atoms with E-state index in [1.165, 1.54) is 105 Å². The minimum Gasteiger partial charge on any atom is -0.309 e. The van der Waals surface area contributed by atoms with Gasteiger partial charge in [0.15, 0.2) is 0 Å². The van der Waals surface area contributed by atoms with Gasteiger partial charge in [-0.1, -0.05) is 202 Å². The van der Waals surface area contributed by atoms with Crippen molar-refractivity contribution in [2.75, 3.05) is 0 Å². The van der Waals surface area contributed by atoms with Crippen molar-refractivity contribution in [2.45, 2.75) is 32.1 Å². The van der Waals surface area contributed by atoms with Gasteiger partial charge in [0.25, 0.3) is 0 Å². The minimum atomic E-state index is -0.193. The third-order valence-corrected chi connectivity index (χ3v) is 13.2. The Morgan fingerprint density at radius 1 is 0.467 bits per heavy atom. The van der Waals surface area contributed by atoms with Crippen LogP contribution in [0.5, 0.6) is 0 Å².